The molecule has 0 spiro atoms. The number of amides is 1. The first kappa shape index (κ1) is 18.3. The Morgan fingerprint density at radius 2 is 1.85 bits per heavy atom. The second kappa shape index (κ2) is 7.82. The van der Waals surface area contributed by atoms with Crippen LogP contribution in [0.1, 0.15) is 28.7 Å². The fourth-order valence-corrected chi connectivity index (χ4v) is 2.40. The standard InChI is InChI=1S/C20H20N4O3/c1-12-13(2)23-18(22-12)15-7-9-16(10-8-15)20(26)27-14(3)19(25)24-17-6-4-5-11-21-17/h4-11,14H,1-3H3,(H,22,23)(H,21,24,25). The van der Waals surface area contributed by atoms with Crippen molar-refractivity contribution < 1.29 is 14.3 Å². The normalized spacial score (nSPS) is 11.7. The van der Waals surface area contributed by atoms with E-state index >= 15 is 0 Å². The summed E-state index contributed by atoms with van der Waals surface area (Å²) in [6.07, 6.45) is 0.616. The van der Waals surface area contributed by atoms with Gasteiger partial charge in [0.2, 0.25) is 0 Å². The number of pyridine rings is 1. The van der Waals surface area contributed by atoms with Crippen LogP contribution in [0.3, 0.4) is 0 Å². The maximum Gasteiger partial charge on any atom is 0.338 e. The van der Waals surface area contributed by atoms with Gasteiger partial charge in [0.25, 0.3) is 5.91 Å². The van der Waals surface area contributed by atoms with Gasteiger partial charge in [0.05, 0.1) is 11.3 Å². The number of imidazole rings is 1. The molecule has 0 bridgehead atoms. The van der Waals surface area contributed by atoms with E-state index in [1.54, 1.807) is 48.7 Å². The van der Waals surface area contributed by atoms with E-state index in [0.29, 0.717) is 11.4 Å². The maximum absolute atomic E-state index is 12.3. The van der Waals surface area contributed by atoms with Crippen molar-refractivity contribution in [2.75, 3.05) is 5.32 Å². The Morgan fingerprint density at radius 1 is 1.11 bits per heavy atom. The van der Waals surface area contributed by atoms with Gasteiger partial charge in [-0.1, -0.05) is 18.2 Å². The Balaban J connectivity index is 1.62. The van der Waals surface area contributed by atoms with E-state index in [9.17, 15) is 9.59 Å². The summed E-state index contributed by atoms with van der Waals surface area (Å²) in [6, 6.07) is 12.0. The van der Waals surface area contributed by atoms with E-state index in [2.05, 4.69) is 20.3 Å². The van der Waals surface area contributed by atoms with E-state index in [1.807, 2.05) is 13.8 Å². The van der Waals surface area contributed by atoms with Gasteiger partial charge in [0, 0.05) is 17.5 Å². The highest BCUT2D eigenvalue weighted by molar-refractivity contribution is 5.96. The van der Waals surface area contributed by atoms with E-state index in [4.69, 9.17) is 4.74 Å². The highest BCUT2D eigenvalue weighted by Gasteiger charge is 2.19. The topological polar surface area (TPSA) is 97.0 Å². The minimum atomic E-state index is -0.949. The lowest BCUT2D eigenvalue weighted by atomic mass is 10.1. The smallest absolute Gasteiger partial charge is 0.338 e. The fraction of sp³-hybridized carbons (Fsp3) is 0.200. The molecule has 7 nitrogen and oxygen atoms in total. The van der Waals surface area contributed by atoms with Gasteiger partial charge in [0.15, 0.2) is 6.10 Å². The molecule has 27 heavy (non-hydrogen) atoms. The highest BCUT2D eigenvalue weighted by atomic mass is 16.5. The van der Waals surface area contributed by atoms with Crippen LogP contribution in [-0.2, 0) is 9.53 Å². The fourth-order valence-electron chi connectivity index (χ4n) is 2.40. The molecule has 2 aromatic heterocycles. The second-order valence-corrected chi connectivity index (χ2v) is 6.12. The molecule has 0 saturated carbocycles. The van der Waals surface area contributed by atoms with Crippen molar-refractivity contribution in [1.82, 2.24) is 15.0 Å². The summed E-state index contributed by atoms with van der Waals surface area (Å²) in [6.45, 7) is 5.40. The third-order valence-corrected chi connectivity index (χ3v) is 4.09. The Kier molecular flexibility index (Phi) is 5.30. The van der Waals surface area contributed by atoms with Gasteiger partial charge in [0.1, 0.15) is 11.6 Å². The summed E-state index contributed by atoms with van der Waals surface area (Å²) in [4.78, 5) is 36.0. The summed E-state index contributed by atoms with van der Waals surface area (Å²) in [7, 11) is 0. The number of anilines is 1. The second-order valence-electron chi connectivity index (χ2n) is 6.12. The number of ether oxygens (including phenoxy) is 1. The lowest BCUT2D eigenvalue weighted by molar-refractivity contribution is -0.123. The number of esters is 1. The summed E-state index contributed by atoms with van der Waals surface area (Å²) in [5, 5.41) is 2.60. The highest BCUT2D eigenvalue weighted by Crippen LogP contribution is 2.19. The quantitative estimate of drug-likeness (QED) is 0.677. The molecular weight excluding hydrogens is 344 g/mol. The summed E-state index contributed by atoms with van der Waals surface area (Å²) in [5.41, 5.74) is 3.15. The van der Waals surface area contributed by atoms with Crippen molar-refractivity contribution in [3.63, 3.8) is 0 Å². The monoisotopic (exact) mass is 364 g/mol. The Labute approximate surface area is 156 Å². The minimum Gasteiger partial charge on any atom is -0.449 e. The molecule has 1 amide bonds. The van der Waals surface area contributed by atoms with Crippen LogP contribution in [0.25, 0.3) is 11.4 Å². The number of nitrogens with zero attached hydrogens (tertiary/aromatic N) is 2. The number of nitrogens with one attached hydrogen (secondary N) is 2. The van der Waals surface area contributed by atoms with Gasteiger partial charge in [-0.15, -0.1) is 0 Å². The van der Waals surface area contributed by atoms with E-state index in [1.165, 1.54) is 6.92 Å². The molecule has 2 heterocycles. The first-order valence-corrected chi connectivity index (χ1v) is 8.50. The molecule has 0 radical (unpaired) electrons. The zero-order valence-corrected chi connectivity index (χ0v) is 15.3. The number of rotatable bonds is 5. The van der Waals surface area contributed by atoms with Crippen LogP contribution in [0.4, 0.5) is 5.82 Å². The minimum absolute atomic E-state index is 0.358. The van der Waals surface area contributed by atoms with E-state index < -0.39 is 18.0 Å². The summed E-state index contributed by atoms with van der Waals surface area (Å²) in [5.74, 6) is 0.129. The first-order chi connectivity index (χ1) is 12.9. The van der Waals surface area contributed by atoms with Gasteiger partial charge >= 0.3 is 5.97 Å². The van der Waals surface area contributed by atoms with Gasteiger partial charge in [-0.2, -0.15) is 0 Å². The molecule has 138 valence electrons. The Hall–Kier alpha value is -3.48. The van der Waals surface area contributed by atoms with Crippen LogP contribution in [0.5, 0.6) is 0 Å². The number of carbonyl (C=O) groups excluding carboxylic acids is 2. The SMILES string of the molecule is Cc1nc(-c2ccc(C(=O)OC(C)C(=O)Nc3ccccn3)cc2)[nH]c1C. The number of benzene rings is 1. The van der Waals surface area contributed by atoms with Crippen molar-refractivity contribution in [1.29, 1.82) is 0 Å². The number of H-pyrrole nitrogens is 1. The van der Waals surface area contributed by atoms with Gasteiger partial charge in [-0.3, -0.25) is 4.79 Å². The lowest BCUT2D eigenvalue weighted by Crippen LogP contribution is -2.30. The number of aromatic amines is 1. The average Bonchev–Trinajstić information content (AvgIpc) is 3.01. The van der Waals surface area contributed by atoms with Crippen LogP contribution in [0.2, 0.25) is 0 Å². The molecule has 0 saturated heterocycles. The molecule has 2 N–H and O–H groups in total. The molecule has 3 aromatic rings. The van der Waals surface area contributed by atoms with E-state index in [0.717, 1.165) is 22.8 Å². The van der Waals surface area contributed by atoms with Crippen molar-refractivity contribution in [3.8, 4) is 11.4 Å². The molecule has 0 aliphatic carbocycles. The Morgan fingerprint density at radius 3 is 2.44 bits per heavy atom. The van der Waals surface area contributed by atoms with Crippen molar-refractivity contribution >= 4 is 17.7 Å². The molecule has 0 aliphatic heterocycles. The molecule has 0 fully saturated rings. The number of aryl methyl sites for hydroxylation is 2. The van der Waals surface area contributed by atoms with Crippen molar-refractivity contribution in [3.05, 3.63) is 65.6 Å². The molecule has 7 heteroatoms. The van der Waals surface area contributed by atoms with Gasteiger partial charge in [-0.25, -0.2) is 14.8 Å². The number of carbonyl (C=O) groups is 2. The van der Waals surface area contributed by atoms with Gasteiger partial charge in [-0.05, 0) is 45.0 Å². The third-order valence-electron chi connectivity index (χ3n) is 4.09. The number of aromatic nitrogens is 3. The van der Waals surface area contributed by atoms with E-state index in [-0.39, 0.29) is 0 Å². The predicted octanol–water partition coefficient (Wildman–Crippen LogP) is 3.27. The Bertz CT molecular complexity index is 930. The van der Waals surface area contributed by atoms with Crippen molar-refractivity contribution in [2.45, 2.75) is 26.9 Å². The number of hydrogen-bond acceptors (Lipinski definition) is 5. The third kappa shape index (κ3) is 4.38. The number of hydrogen-bond donors (Lipinski definition) is 2. The molecule has 1 aromatic carbocycles. The first-order valence-electron chi connectivity index (χ1n) is 8.50. The largest absolute Gasteiger partial charge is 0.449 e. The summed E-state index contributed by atoms with van der Waals surface area (Å²) < 4.78 is 5.24. The molecular formula is C20H20N4O3. The maximum atomic E-state index is 12.3. The molecule has 1 atom stereocenters. The van der Waals surface area contributed by atoms with Crippen LogP contribution in [0.15, 0.2) is 48.7 Å². The summed E-state index contributed by atoms with van der Waals surface area (Å²) >= 11 is 0. The molecule has 0 aliphatic rings. The predicted molar refractivity (Wildman–Crippen MR) is 101 cm³/mol. The van der Waals surface area contributed by atoms with Crippen LogP contribution in [-0.4, -0.2) is 32.9 Å². The van der Waals surface area contributed by atoms with Crippen molar-refractivity contribution in [2.24, 2.45) is 0 Å². The van der Waals surface area contributed by atoms with Gasteiger partial charge < -0.3 is 15.0 Å². The zero-order chi connectivity index (χ0) is 19.4. The lowest BCUT2D eigenvalue weighted by Gasteiger charge is -2.13. The molecule has 3 rings (SSSR count). The average molecular weight is 364 g/mol. The van der Waals surface area contributed by atoms with Crippen LogP contribution >= 0.6 is 0 Å². The zero-order valence-electron chi connectivity index (χ0n) is 15.3. The molecule has 1 unspecified atom stereocenters. The van der Waals surface area contributed by atoms with Crippen LogP contribution < -0.4 is 5.32 Å². The van der Waals surface area contributed by atoms with Crippen LogP contribution in [0, 0.1) is 13.8 Å².